The number of carbonyl (C=O) groups is 2. The van der Waals surface area contributed by atoms with E-state index in [2.05, 4.69) is 10.1 Å². The second-order valence-electron chi connectivity index (χ2n) is 1.98. The van der Waals surface area contributed by atoms with E-state index in [-0.39, 0.29) is 0 Å². The zero-order chi connectivity index (χ0) is 7.72. The van der Waals surface area contributed by atoms with Crippen LogP contribution in [0.3, 0.4) is 0 Å². The fraction of sp³-hybridized carbons (Fsp3) is 0.600. The Labute approximate surface area is 57.0 Å². The number of carbonyl (C=O) groups excluding carboxylic acids is 1. The Balaban J connectivity index is 2.38. The molecular formula is C5H7NO4. The molecule has 5 heteroatoms. The van der Waals surface area contributed by atoms with Gasteiger partial charge in [0.25, 0.3) is 0 Å². The lowest BCUT2D eigenvalue weighted by Gasteiger charge is -1.90. The van der Waals surface area contributed by atoms with Crippen molar-refractivity contribution in [3.63, 3.8) is 0 Å². The van der Waals surface area contributed by atoms with Crippen molar-refractivity contribution in [1.82, 2.24) is 5.32 Å². The number of aliphatic carboxylic acids is 1. The van der Waals surface area contributed by atoms with Gasteiger partial charge in [-0.15, -0.1) is 0 Å². The smallest absolute Gasteiger partial charge is 0.325 e. The molecule has 1 aliphatic heterocycles. The highest BCUT2D eigenvalue weighted by atomic mass is 16.5. The minimum atomic E-state index is -1.02. The van der Waals surface area contributed by atoms with Gasteiger partial charge in [-0.1, -0.05) is 0 Å². The number of hydrogen-bond acceptors (Lipinski definition) is 4. The standard InChI is InChI=1S/C5H7NO4/c1-10-5(9)3-2(6-3)4(7)8/h2-3,6H,1H3,(H,7,8)/t2-,3-/m0/s1. The van der Waals surface area contributed by atoms with E-state index in [0.29, 0.717) is 0 Å². The van der Waals surface area contributed by atoms with Crippen LogP contribution in [-0.4, -0.2) is 36.2 Å². The lowest BCUT2D eigenvalue weighted by molar-refractivity contribution is -0.143. The third kappa shape index (κ3) is 1.08. The fourth-order valence-corrected chi connectivity index (χ4v) is 0.683. The summed E-state index contributed by atoms with van der Waals surface area (Å²) in [5.41, 5.74) is 0. The Hall–Kier alpha value is -1.10. The average molecular weight is 145 g/mol. The van der Waals surface area contributed by atoms with Crippen molar-refractivity contribution < 1.29 is 19.4 Å². The third-order valence-electron chi connectivity index (χ3n) is 1.30. The van der Waals surface area contributed by atoms with Crippen molar-refractivity contribution >= 4 is 11.9 Å². The largest absolute Gasteiger partial charge is 0.480 e. The SMILES string of the molecule is COC(=O)[C@H]1N[C@@H]1C(=O)O. The highest BCUT2D eigenvalue weighted by Gasteiger charge is 2.48. The predicted molar refractivity (Wildman–Crippen MR) is 30.4 cm³/mol. The Bertz CT molecular complexity index is 178. The molecule has 5 nitrogen and oxygen atoms in total. The summed E-state index contributed by atoms with van der Waals surface area (Å²) in [6.07, 6.45) is 0. The lowest BCUT2D eigenvalue weighted by atomic mass is 10.3. The maximum atomic E-state index is 10.5. The summed E-state index contributed by atoms with van der Waals surface area (Å²) in [6, 6.07) is -1.38. The van der Waals surface area contributed by atoms with Crippen LogP contribution in [0, 0.1) is 0 Å². The Morgan fingerprint density at radius 3 is 2.40 bits per heavy atom. The minimum absolute atomic E-state index is 0.521. The first kappa shape index (κ1) is 7.01. The normalized spacial score (nSPS) is 29.3. The summed E-state index contributed by atoms with van der Waals surface area (Å²) >= 11 is 0. The number of hydrogen-bond donors (Lipinski definition) is 2. The number of carboxylic acid groups (broad SMARTS) is 1. The molecule has 1 saturated heterocycles. The molecule has 1 heterocycles. The topological polar surface area (TPSA) is 85.5 Å². The highest BCUT2D eigenvalue weighted by Crippen LogP contribution is 2.11. The predicted octanol–water partition coefficient (Wildman–Crippen LogP) is -1.42. The first-order chi connectivity index (χ1) is 4.66. The van der Waals surface area contributed by atoms with E-state index in [1.807, 2.05) is 0 Å². The zero-order valence-electron chi connectivity index (χ0n) is 5.33. The van der Waals surface area contributed by atoms with Crippen LogP contribution in [0.4, 0.5) is 0 Å². The molecule has 1 aliphatic rings. The van der Waals surface area contributed by atoms with Crippen LogP contribution in [0.25, 0.3) is 0 Å². The summed E-state index contributed by atoms with van der Waals surface area (Å²) in [5, 5.41) is 10.7. The van der Waals surface area contributed by atoms with Crippen LogP contribution in [0.5, 0.6) is 0 Å². The number of rotatable bonds is 2. The van der Waals surface area contributed by atoms with Gasteiger partial charge in [0.2, 0.25) is 0 Å². The number of ether oxygens (including phenoxy) is 1. The first-order valence-electron chi connectivity index (χ1n) is 2.73. The fourth-order valence-electron chi connectivity index (χ4n) is 0.683. The Morgan fingerprint density at radius 1 is 1.50 bits per heavy atom. The zero-order valence-corrected chi connectivity index (χ0v) is 5.33. The average Bonchev–Trinajstić information content (AvgIpc) is 2.64. The van der Waals surface area contributed by atoms with Crippen LogP contribution < -0.4 is 5.32 Å². The van der Waals surface area contributed by atoms with Gasteiger partial charge >= 0.3 is 11.9 Å². The van der Waals surface area contributed by atoms with Crippen LogP contribution in [0.2, 0.25) is 0 Å². The van der Waals surface area contributed by atoms with E-state index in [1.165, 1.54) is 7.11 Å². The molecule has 10 heavy (non-hydrogen) atoms. The van der Waals surface area contributed by atoms with E-state index < -0.39 is 24.0 Å². The van der Waals surface area contributed by atoms with Gasteiger partial charge in [-0.05, 0) is 0 Å². The molecule has 0 aromatic carbocycles. The highest BCUT2D eigenvalue weighted by molar-refractivity contribution is 5.91. The van der Waals surface area contributed by atoms with Crippen LogP contribution in [0.15, 0.2) is 0 Å². The molecule has 0 amide bonds. The molecule has 0 saturated carbocycles. The quantitative estimate of drug-likeness (QED) is 0.368. The van der Waals surface area contributed by atoms with E-state index in [9.17, 15) is 9.59 Å². The van der Waals surface area contributed by atoms with Crippen LogP contribution in [-0.2, 0) is 14.3 Å². The molecule has 56 valence electrons. The van der Waals surface area contributed by atoms with Crippen molar-refractivity contribution in [3.8, 4) is 0 Å². The van der Waals surface area contributed by atoms with Crippen LogP contribution >= 0.6 is 0 Å². The molecule has 0 aromatic heterocycles. The van der Waals surface area contributed by atoms with Crippen molar-refractivity contribution in [2.75, 3.05) is 7.11 Å². The molecule has 0 unspecified atom stereocenters. The van der Waals surface area contributed by atoms with E-state index >= 15 is 0 Å². The molecule has 2 atom stereocenters. The van der Waals surface area contributed by atoms with Crippen molar-refractivity contribution in [1.29, 1.82) is 0 Å². The summed E-state index contributed by atoms with van der Waals surface area (Å²) < 4.78 is 4.29. The van der Waals surface area contributed by atoms with Gasteiger partial charge in [0.05, 0.1) is 7.11 Å². The molecule has 0 bridgehead atoms. The van der Waals surface area contributed by atoms with E-state index in [1.54, 1.807) is 0 Å². The molecule has 0 radical (unpaired) electrons. The summed E-state index contributed by atoms with van der Waals surface area (Å²) in [5.74, 6) is -1.54. The second kappa shape index (κ2) is 2.26. The number of nitrogens with one attached hydrogen (secondary N) is 1. The summed E-state index contributed by atoms with van der Waals surface area (Å²) in [7, 11) is 1.22. The van der Waals surface area contributed by atoms with Crippen molar-refractivity contribution in [2.45, 2.75) is 12.1 Å². The van der Waals surface area contributed by atoms with Gasteiger partial charge in [0, 0.05) is 0 Å². The van der Waals surface area contributed by atoms with E-state index in [4.69, 9.17) is 5.11 Å². The van der Waals surface area contributed by atoms with Crippen molar-refractivity contribution in [2.24, 2.45) is 0 Å². The molecular weight excluding hydrogens is 138 g/mol. The lowest BCUT2D eigenvalue weighted by Crippen LogP contribution is -2.16. The maximum Gasteiger partial charge on any atom is 0.325 e. The van der Waals surface area contributed by atoms with Gasteiger partial charge in [-0.25, -0.2) is 0 Å². The number of methoxy groups -OCH3 is 1. The van der Waals surface area contributed by atoms with Gasteiger partial charge in [-0.2, -0.15) is 0 Å². The molecule has 2 N–H and O–H groups in total. The van der Waals surface area contributed by atoms with Gasteiger partial charge < -0.3 is 9.84 Å². The number of carboxylic acids is 1. The first-order valence-corrected chi connectivity index (χ1v) is 2.73. The number of esters is 1. The molecule has 1 fully saturated rings. The molecule has 1 rings (SSSR count). The minimum Gasteiger partial charge on any atom is -0.480 e. The molecule has 0 spiro atoms. The van der Waals surface area contributed by atoms with Gasteiger partial charge in [0.15, 0.2) is 0 Å². The van der Waals surface area contributed by atoms with Crippen molar-refractivity contribution in [3.05, 3.63) is 0 Å². The molecule has 0 aliphatic carbocycles. The van der Waals surface area contributed by atoms with Gasteiger partial charge in [0.1, 0.15) is 12.1 Å². The van der Waals surface area contributed by atoms with E-state index in [0.717, 1.165) is 0 Å². The molecule has 0 aromatic rings. The third-order valence-corrected chi connectivity index (χ3v) is 1.30. The summed E-state index contributed by atoms with van der Waals surface area (Å²) in [6.45, 7) is 0. The van der Waals surface area contributed by atoms with Crippen LogP contribution in [0.1, 0.15) is 0 Å². The Kier molecular flexibility index (Phi) is 1.58. The monoisotopic (exact) mass is 145 g/mol. The Morgan fingerprint density at radius 2 is 2.10 bits per heavy atom. The van der Waals surface area contributed by atoms with Gasteiger partial charge in [-0.3, -0.25) is 14.9 Å². The second-order valence-corrected chi connectivity index (χ2v) is 1.98. The summed E-state index contributed by atoms with van der Waals surface area (Å²) in [4.78, 5) is 20.7. The maximum absolute atomic E-state index is 10.5.